The van der Waals surface area contributed by atoms with Gasteiger partial charge in [0.15, 0.2) is 5.69 Å². The summed E-state index contributed by atoms with van der Waals surface area (Å²) in [6.45, 7) is 6.26. The SMILES string of the molecule is CC(C)n1ncc(C(=O)NCCCN2CCN(c3cccc(C(F)(F)F)c3)CC2)c1C(F)(F)F. The largest absolute Gasteiger partial charge is 0.433 e. The van der Waals surface area contributed by atoms with Crippen molar-refractivity contribution in [3.05, 3.63) is 47.3 Å². The lowest BCUT2D eigenvalue weighted by Gasteiger charge is -2.36. The van der Waals surface area contributed by atoms with Gasteiger partial charge >= 0.3 is 12.4 Å². The van der Waals surface area contributed by atoms with Gasteiger partial charge in [-0.05, 0) is 45.0 Å². The van der Waals surface area contributed by atoms with Gasteiger partial charge in [-0.2, -0.15) is 31.4 Å². The second-order valence-corrected chi connectivity index (χ2v) is 8.43. The number of nitrogens with zero attached hydrogens (tertiary/aromatic N) is 4. The molecule has 12 heteroatoms. The first kappa shape index (κ1) is 25.9. The maximum absolute atomic E-state index is 13.4. The molecule has 1 saturated heterocycles. The van der Waals surface area contributed by atoms with Gasteiger partial charge in [-0.3, -0.25) is 14.4 Å². The highest BCUT2D eigenvalue weighted by Gasteiger charge is 2.40. The Morgan fingerprint density at radius 3 is 2.32 bits per heavy atom. The van der Waals surface area contributed by atoms with Gasteiger partial charge in [0.2, 0.25) is 0 Å². The van der Waals surface area contributed by atoms with Crippen molar-refractivity contribution < 1.29 is 31.1 Å². The van der Waals surface area contributed by atoms with Gasteiger partial charge in [0.25, 0.3) is 5.91 Å². The minimum Gasteiger partial charge on any atom is -0.369 e. The molecule has 0 atom stereocenters. The zero-order valence-electron chi connectivity index (χ0n) is 18.9. The van der Waals surface area contributed by atoms with Gasteiger partial charge in [-0.15, -0.1) is 0 Å². The van der Waals surface area contributed by atoms with Crippen LogP contribution >= 0.6 is 0 Å². The van der Waals surface area contributed by atoms with E-state index < -0.39 is 41.1 Å². The van der Waals surface area contributed by atoms with E-state index in [1.807, 2.05) is 4.90 Å². The molecule has 6 nitrogen and oxygen atoms in total. The molecular weight excluding hydrogens is 464 g/mol. The molecule has 2 heterocycles. The van der Waals surface area contributed by atoms with Crippen molar-refractivity contribution in [3.63, 3.8) is 0 Å². The number of halogens is 6. The van der Waals surface area contributed by atoms with E-state index in [2.05, 4.69) is 15.3 Å². The molecule has 0 spiro atoms. The molecule has 3 rings (SSSR count). The van der Waals surface area contributed by atoms with Crippen molar-refractivity contribution in [2.75, 3.05) is 44.2 Å². The average Bonchev–Trinajstić information content (AvgIpc) is 3.23. The number of nitrogens with one attached hydrogen (secondary N) is 1. The number of hydrogen-bond donors (Lipinski definition) is 1. The molecule has 188 valence electrons. The van der Waals surface area contributed by atoms with Gasteiger partial charge < -0.3 is 10.2 Å². The first-order valence-corrected chi connectivity index (χ1v) is 11.0. The van der Waals surface area contributed by atoms with E-state index in [9.17, 15) is 31.1 Å². The van der Waals surface area contributed by atoms with E-state index in [-0.39, 0.29) is 6.54 Å². The number of anilines is 1. The molecule has 1 fully saturated rings. The summed E-state index contributed by atoms with van der Waals surface area (Å²) < 4.78 is 79.9. The minimum absolute atomic E-state index is 0.191. The average molecular weight is 491 g/mol. The van der Waals surface area contributed by atoms with Crippen molar-refractivity contribution in [1.29, 1.82) is 0 Å². The Hall–Kier alpha value is -2.76. The number of rotatable bonds is 7. The highest BCUT2D eigenvalue weighted by atomic mass is 19.4. The fraction of sp³-hybridized carbons (Fsp3) is 0.545. The Kier molecular flexibility index (Phi) is 7.79. The first-order chi connectivity index (χ1) is 15.9. The summed E-state index contributed by atoms with van der Waals surface area (Å²) in [7, 11) is 0. The monoisotopic (exact) mass is 491 g/mol. The van der Waals surface area contributed by atoms with E-state index in [1.54, 1.807) is 19.9 Å². The Balaban J connectivity index is 1.46. The molecule has 0 unspecified atom stereocenters. The number of benzene rings is 1. The van der Waals surface area contributed by atoms with Crippen LogP contribution in [0.5, 0.6) is 0 Å². The molecular formula is C22H27F6N5O. The highest BCUT2D eigenvalue weighted by Crippen LogP contribution is 2.34. The third-order valence-electron chi connectivity index (χ3n) is 5.65. The first-order valence-electron chi connectivity index (χ1n) is 11.0. The Morgan fingerprint density at radius 2 is 1.74 bits per heavy atom. The van der Waals surface area contributed by atoms with Crippen LogP contribution in [0.25, 0.3) is 0 Å². The smallest absolute Gasteiger partial charge is 0.369 e. The molecule has 1 aliphatic rings. The van der Waals surface area contributed by atoms with Crippen LogP contribution in [0, 0.1) is 0 Å². The van der Waals surface area contributed by atoms with Crippen molar-refractivity contribution in [3.8, 4) is 0 Å². The van der Waals surface area contributed by atoms with Crippen LogP contribution in [0.15, 0.2) is 30.5 Å². The molecule has 1 aromatic carbocycles. The summed E-state index contributed by atoms with van der Waals surface area (Å²) in [4.78, 5) is 16.3. The number of carbonyl (C=O) groups is 1. The Morgan fingerprint density at radius 1 is 1.06 bits per heavy atom. The predicted octanol–water partition coefficient (Wildman–Crippen LogP) is 4.44. The molecule has 1 N–H and O–H groups in total. The number of piperazine rings is 1. The molecule has 0 saturated carbocycles. The van der Waals surface area contributed by atoms with Crippen molar-refractivity contribution in [1.82, 2.24) is 20.0 Å². The van der Waals surface area contributed by atoms with E-state index in [4.69, 9.17) is 0 Å². The zero-order chi connectivity index (χ0) is 25.1. The Bertz CT molecular complexity index is 977. The van der Waals surface area contributed by atoms with Crippen LogP contribution in [0.4, 0.5) is 32.0 Å². The molecule has 1 amide bonds. The number of aromatic nitrogens is 2. The summed E-state index contributed by atoms with van der Waals surface area (Å²) in [6.07, 6.45) is -7.64. The predicted molar refractivity (Wildman–Crippen MR) is 115 cm³/mol. The van der Waals surface area contributed by atoms with Gasteiger partial charge in [-0.1, -0.05) is 6.07 Å². The molecule has 34 heavy (non-hydrogen) atoms. The molecule has 2 aromatic rings. The number of carbonyl (C=O) groups excluding carboxylic acids is 1. The summed E-state index contributed by atoms with van der Waals surface area (Å²) in [6, 6.07) is 4.67. The fourth-order valence-corrected chi connectivity index (χ4v) is 3.91. The number of hydrogen-bond acceptors (Lipinski definition) is 4. The minimum atomic E-state index is -4.70. The lowest BCUT2D eigenvalue weighted by molar-refractivity contribution is -0.145. The fourth-order valence-electron chi connectivity index (χ4n) is 3.91. The van der Waals surface area contributed by atoms with E-state index in [1.165, 1.54) is 6.07 Å². The van der Waals surface area contributed by atoms with E-state index >= 15 is 0 Å². The second-order valence-electron chi connectivity index (χ2n) is 8.43. The number of amides is 1. The Labute approximate surface area is 193 Å². The topological polar surface area (TPSA) is 53.4 Å². The lowest BCUT2D eigenvalue weighted by Crippen LogP contribution is -2.47. The van der Waals surface area contributed by atoms with Crippen molar-refractivity contribution >= 4 is 11.6 Å². The van der Waals surface area contributed by atoms with Crippen LogP contribution < -0.4 is 10.2 Å². The number of alkyl halides is 6. The van der Waals surface area contributed by atoms with Crippen LogP contribution in [0.2, 0.25) is 0 Å². The maximum Gasteiger partial charge on any atom is 0.433 e. The zero-order valence-corrected chi connectivity index (χ0v) is 18.9. The summed E-state index contributed by atoms with van der Waals surface area (Å²) in [5.74, 6) is -0.825. The summed E-state index contributed by atoms with van der Waals surface area (Å²) >= 11 is 0. The maximum atomic E-state index is 13.4. The van der Waals surface area contributed by atoms with Crippen molar-refractivity contribution in [2.24, 2.45) is 0 Å². The lowest BCUT2D eigenvalue weighted by atomic mass is 10.1. The highest BCUT2D eigenvalue weighted by molar-refractivity contribution is 5.95. The molecule has 1 aromatic heterocycles. The van der Waals surface area contributed by atoms with Crippen LogP contribution in [-0.2, 0) is 12.4 Å². The van der Waals surface area contributed by atoms with Gasteiger partial charge in [-0.25, -0.2) is 0 Å². The summed E-state index contributed by atoms with van der Waals surface area (Å²) in [5, 5.41) is 6.24. The van der Waals surface area contributed by atoms with Crippen LogP contribution in [0.1, 0.15) is 47.9 Å². The van der Waals surface area contributed by atoms with Gasteiger partial charge in [0, 0.05) is 44.5 Å². The van der Waals surface area contributed by atoms with Gasteiger partial charge in [0.05, 0.1) is 17.3 Å². The quantitative estimate of drug-likeness (QED) is 0.460. The standard InChI is InChI=1S/C22H27F6N5O/c1-15(2)33-19(22(26,27)28)18(14-30-33)20(34)29-7-4-8-31-9-11-32(12-10-31)17-6-3-5-16(13-17)21(23,24)25/h3,5-6,13-15H,4,7-12H2,1-2H3,(H,29,34). The van der Waals surface area contributed by atoms with Crippen molar-refractivity contribution in [2.45, 2.75) is 38.7 Å². The van der Waals surface area contributed by atoms with Gasteiger partial charge in [0.1, 0.15) is 0 Å². The molecule has 1 aliphatic heterocycles. The third kappa shape index (κ3) is 6.22. The molecule has 0 radical (unpaired) electrons. The van der Waals surface area contributed by atoms with Crippen LogP contribution in [0.3, 0.4) is 0 Å². The second kappa shape index (κ2) is 10.2. The normalized spacial score (nSPS) is 15.7. The third-order valence-corrected chi connectivity index (χ3v) is 5.65. The summed E-state index contributed by atoms with van der Waals surface area (Å²) in [5.41, 5.74) is -1.73. The molecule has 0 aliphatic carbocycles. The van der Waals surface area contributed by atoms with E-state index in [0.29, 0.717) is 44.8 Å². The molecule has 0 bridgehead atoms. The van der Waals surface area contributed by atoms with E-state index in [0.717, 1.165) is 23.0 Å². The van der Waals surface area contributed by atoms with Crippen LogP contribution in [-0.4, -0.2) is 59.9 Å².